The Hall–Kier alpha value is -1.84. The molecule has 2 aromatic carbocycles. The largest absolute Gasteiger partial charge is 0.384 e. The zero-order chi connectivity index (χ0) is 17.1. The smallest absolute Gasteiger partial charge is 0.0419 e. The van der Waals surface area contributed by atoms with Crippen molar-refractivity contribution in [2.75, 3.05) is 32.0 Å². The first-order chi connectivity index (χ1) is 12.3. The molecule has 3 heteroatoms. The molecule has 0 amide bonds. The van der Waals surface area contributed by atoms with Crippen LogP contribution < -0.4 is 5.32 Å². The highest BCUT2D eigenvalue weighted by molar-refractivity contribution is 5.61. The average Bonchev–Trinajstić information content (AvgIpc) is 3.13. The molecule has 1 N–H and O–H groups in total. The number of para-hydroxylation sites is 1. The van der Waals surface area contributed by atoms with Crippen LogP contribution in [-0.2, 0) is 19.5 Å². The zero-order valence-electron chi connectivity index (χ0n) is 15.2. The van der Waals surface area contributed by atoms with Gasteiger partial charge in [0.05, 0.1) is 0 Å². The number of likely N-dealkylation sites (tertiary alicyclic amines) is 1. The SMILES string of the molecule is CN(Cc1cccc2c1NCC2)C1CCN(Cc2ccccc2)CC1. The first-order valence-corrected chi connectivity index (χ1v) is 9.61. The molecule has 132 valence electrons. The highest BCUT2D eigenvalue weighted by atomic mass is 15.2. The molecule has 0 aliphatic carbocycles. The van der Waals surface area contributed by atoms with Crippen molar-refractivity contribution in [2.45, 2.75) is 38.4 Å². The number of hydrogen-bond donors (Lipinski definition) is 1. The van der Waals surface area contributed by atoms with E-state index in [-0.39, 0.29) is 0 Å². The van der Waals surface area contributed by atoms with Gasteiger partial charge in [0.25, 0.3) is 0 Å². The molecule has 0 unspecified atom stereocenters. The van der Waals surface area contributed by atoms with Crippen LogP contribution in [0.1, 0.15) is 29.5 Å². The number of anilines is 1. The van der Waals surface area contributed by atoms with Crippen molar-refractivity contribution in [1.29, 1.82) is 0 Å². The van der Waals surface area contributed by atoms with Gasteiger partial charge in [-0.1, -0.05) is 48.5 Å². The van der Waals surface area contributed by atoms with Crippen molar-refractivity contribution in [2.24, 2.45) is 0 Å². The van der Waals surface area contributed by atoms with Gasteiger partial charge in [-0.3, -0.25) is 9.80 Å². The van der Waals surface area contributed by atoms with Crippen LogP contribution in [0.25, 0.3) is 0 Å². The fourth-order valence-corrected chi connectivity index (χ4v) is 4.30. The minimum Gasteiger partial charge on any atom is -0.384 e. The quantitative estimate of drug-likeness (QED) is 0.898. The Morgan fingerprint density at radius 1 is 1.04 bits per heavy atom. The standard InChI is InChI=1S/C22H29N3/c1-24(17-20-9-5-8-19-10-13-23-22(19)20)21-11-14-25(15-12-21)16-18-6-3-2-4-7-18/h2-9,21,23H,10-17H2,1H3. The maximum Gasteiger partial charge on any atom is 0.0419 e. The topological polar surface area (TPSA) is 18.5 Å². The predicted molar refractivity (Wildman–Crippen MR) is 105 cm³/mol. The first kappa shape index (κ1) is 16.6. The number of rotatable bonds is 5. The van der Waals surface area contributed by atoms with E-state index in [0.717, 1.165) is 19.6 Å². The number of benzene rings is 2. The van der Waals surface area contributed by atoms with Crippen molar-refractivity contribution in [1.82, 2.24) is 9.80 Å². The zero-order valence-corrected chi connectivity index (χ0v) is 15.2. The van der Waals surface area contributed by atoms with Crippen LogP contribution >= 0.6 is 0 Å². The summed E-state index contributed by atoms with van der Waals surface area (Å²) in [6.45, 7) is 5.64. The van der Waals surface area contributed by atoms with E-state index in [9.17, 15) is 0 Å². The molecule has 4 rings (SSSR count). The summed E-state index contributed by atoms with van der Waals surface area (Å²) >= 11 is 0. The molecule has 0 spiro atoms. The molecule has 0 radical (unpaired) electrons. The Bertz CT molecular complexity index is 690. The van der Waals surface area contributed by atoms with E-state index in [0.29, 0.717) is 6.04 Å². The van der Waals surface area contributed by atoms with Gasteiger partial charge >= 0.3 is 0 Å². The third-order valence-corrected chi connectivity index (χ3v) is 5.78. The van der Waals surface area contributed by atoms with E-state index in [1.807, 2.05) is 0 Å². The van der Waals surface area contributed by atoms with E-state index in [4.69, 9.17) is 0 Å². The molecule has 2 aliphatic rings. The minimum atomic E-state index is 0.698. The van der Waals surface area contributed by atoms with Gasteiger partial charge in [-0.2, -0.15) is 0 Å². The minimum absolute atomic E-state index is 0.698. The van der Waals surface area contributed by atoms with Crippen LogP contribution in [0.5, 0.6) is 0 Å². The van der Waals surface area contributed by atoms with Gasteiger partial charge < -0.3 is 5.32 Å². The van der Waals surface area contributed by atoms with Crippen LogP contribution in [-0.4, -0.2) is 42.5 Å². The summed E-state index contributed by atoms with van der Waals surface area (Å²) in [7, 11) is 2.30. The second-order valence-corrected chi connectivity index (χ2v) is 7.54. The van der Waals surface area contributed by atoms with E-state index < -0.39 is 0 Å². The van der Waals surface area contributed by atoms with Crippen molar-refractivity contribution in [3.05, 3.63) is 65.2 Å². The second kappa shape index (κ2) is 7.59. The van der Waals surface area contributed by atoms with E-state index in [2.05, 4.69) is 70.7 Å². The number of piperidine rings is 1. The Morgan fingerprint density at radius 2 is 1.84 bits per heavy atom. The number of nitrogens with one attached hydrogen (secondary N) is 1. The molecule has 0 saturated carbocycles. The maximum absolute atomic E-state index is 3.58. The maximum atomic E-state index is 3.58. The van der Waals surface area contributed by atoms with Gasteiger partial charge in [-0.25, -0.2) is 0 Å². The van der Waals surface area contributed by atoms with Gasteiger partial charge in [-0.15, -0.1) is 0 Å². The lowest BCUT2D eigenvalue weighted by atomic mass is 10.0. The van der Waals surface area contributed by atoms with Gasteiger partial charge in [0.1, 0.15) is 0 Å². The van der Waals surface area contributed by atoms with Crippen LogP contribution in [0.4, 0.5) is 5.69 Å². The van der Waals surface area contributed by atoms with Crippen molar-refractivity contribution < 1.29 is 0 Å². The van der Waals surface area contributed by atoms with E-state index in [1.54, 1.807) is 0 Å². The van der Waals surface area contributed by atoms with E-state index >= 15 is 0 Å². The number of fused-ring (bicyclic) bond motifs is 1. The monoisotopic (exact) mass is 335 g/mol. The molecule has 2 aliphatic heterocycles. The molecule has 1 fully saturated rings. The molecule has 25 heavy (non-hydrogen) atoms. The van der Waals surface area contributed by atoms with Crippen molar-refractivity contribution >= 4 is 5.69 Å². The lowest BCUT2D eigenvalue weighted by Gasteiger charge is -2.37. The molecule has 0 bridgehead atoms. The van der Waals surface area contributed by atoms with Crippen LogP contribution in [0.3, 0.4) is 0 Å². The molecule has 0 atom stereocenters. The lowest BCUT2D eigenvalue weighted by molar-refractivity contribution is 0.119. The van der Waals surface area contributed by atoms with Crippen LogP contribution in [0.15, 0.2) is 48.5 Å². The highest BCUT2D eigenvalue weighted by Gasteiger charge is 2.23. The first-order valence-electron chi connectivity index (χ1n) is 9.61. The van der Waals surface area contributed by atoms with Crippen LogP contribution in [0.2, 0.25) is 0 Å². The van der Waals surface area contributed by atoms with Gasteiger partial charge in [0.15, 0.2) is 0 Å². The summed E-state index contributed by atoms with van der Waals surface area (Å²) in [6, 6.07) is 18.3. The summed E-state index contributed by atoms with van der Waals surface area (Å²) in [5.74, 6) is 0. The molecule has 1 saturated heterocycles. The third-order valence-electron chi connectivity index (χ3n) is 5.78. The Labute approximate surface area is 151 Å². The predicted octanol–water partition coefficient (Wildman–Crippen LogP) is 3.75. The lowest BCUT2D eigenvalue weighted by Crippen LogP contribution is -2.42. The highest BCUT2D eigenvalue weighted by Crippen LogP contribution is 2.28. The average molecular weight is 335 g/mol. The summed E-state index contributed by atoms with van der Waals surface area (Å²) in [4.78, 5) is 5.16. The fourth-order valence-electron chi connectivity index (χ4n) is 4.30. The summed E-state index contributed by atoms with van der Waals surface area (Å²) in [5.41, 5.74) is 5.78. The summed E-state index contributed by atoms with van der Waals surface area (Å²) in [5, 5.41) is 3.58. The third kappa shape index (κ3) is 3.88. The molecule has 2 aromatic rings. The Morgan fingerprint density at radius 3 is 2.64 bits per heavy atom. The van der Waals surface area contributed by atoms with Crippen LogP contribution in [0, 0.1) is 0 Å². The Kier molecular flexibility index (Phi) is 5.04. The molecule has 3 nitrogen and oxygen atoms in total. The van der Waals surface area contributed by atoms with Gasteiger partial charge in [0, 0.05) is 31.4 Å². The van der Waals surface area contributed by atoms with E-state index in [1.165, 1.54) is 54.7 Å². The summed E-state index contributed by atoms with van der Waals surface area (Å²) < 4.78 is 0. The molecule has 0 aromatic heterocycles. The molecule has 2 heterocycles. The molecular weight excluding hydrogens is 306 g/mol. The fraction of sp³-hybridized carbons (Fsp3) is 0.455. The Balaban J connectivity index is 1.31. The number of nitrogens with zero attached hydrogens (tertiary/aromatic N) is 2. The normalized spacial score (nSPS) is 18.3. The molecular formula is C22H29N3. The second-order valence-electron chi connectivity index (χ2n) is 7.54. The van der Waals surface area contributed by atoms with Crippen molar-refractivity contribution in [3.63, 3.8) is 0 Å². The van der Waals surface area contributed by atoms with Gasteiger partial charge in [-0.05, 0) is 56.1 Å². The number of hydrogen-bond acceptors (Lipinski definition) is 3. The summed E-state index contributed by atoms with van der Waals surface area (Å²) in [6.07, 6.45) is 3.71. The van der Waals surface area contributed by atoms with Gasteiger partial charge in [0.2, 0.25) is 0 Å². The van der Waals surface area contributed by atoms with Crippen molar-refractivity contribution in [3.8, 4) is 0 Å².